The zero-order valence-electron chi connectivity index (χ0n) is 12.0. The predicted octanol–water partition coefficient (Wildman–Crippen LogP) is 3.61. The molecule has 0 saturated carbocycles. The molecule has 0 aromatic heterocycles. The lowest BCUT2D eigenvalue weighted by atomic mass is 9.58. The Hall–Kier alpha value is -2.48. The van der Waals surface area contributed by atoms with Gasteiger partial charge >= 0.3 is 0 Å². The Kier molecular flexibility index (Phi) is 2.00. The largest absolute Gasteiger partial charge is 0.293 e. The van der Waals surface area contributed by atoms with Crippen molar-refractivity contribution in [3.8, 4) is 0 Å². The normalized spacial score (nSPS) is 30.7. The summed E-state index contributed by atoms with van der Waals surface area (Å²) in [6, 6.07) is 15.3. The Morgan fingerprint density at radius 2 is 1.05 bits per heavy atom. The number of rotatable bonds is 0. The Labute approximate surface area is 128 Å². The van der Waals surface area contributed by atoms with Crippen molar-refractivity contribution < 1.29 is 9.59 Å². The molecule has 2 unspecified atom stereocenters. The van der Waals surface area contributed by atoms with Crippen molar-refractivity contribution >= 4 is 11.6 Å². The van der Waals surface area contributed by atoms with Gasteiger partial charge in [0.05, 0.1) is 10.8 Å². The number of ketones is 2. The first-order valence-corrected chi connectivity index (χ1v) is 7.67. The highest BCUT2D eigenvalue weighted by Crippen LogP contribution is 2.64. The van der Waals surface area contributed by atoms with Crippen molar-refractivity contribution in [3.05, 3.63) is 82.9 Å². The van der Waals surface area contributed by atoms with Gasteiger partial charge in [-0.15, -0.1) is 0 Å². The van der Waals surface area contributed by atoms with Crippen LogP contribution in [0.25, 0.3) is 0 Å². The average Bonchev–Trinajstić information content (AvgIpc) is 2.96. The number of fused-ring (bicyclic) bond motifs is 2. The van der Waals surface area contributed by atoms with E-state index in [-0.39, 0.29) is 11.6 Å². The molecule has 2 aromatic carbocycles. The summed E-state index contributed by atoms with van der Waals surface area (Å²) in [5.74, 6) is 0.233. The van der Waals surface area contributed by atoms with Gasteiger partial charge in [0.1, 0.15) is 0 Å². The number of carbonyl (C=O) groups excluding carboxylic acids is 2. The molecular formula is C20H14O2. The third-order valence-electron chi connectivity index (χ3n) is 5.78. The number of benzene rings is 2. The molecule has 0 spiro atoms. The van der Waals surface area contributed by atoms with Crippen LogP contribution in [-0.2, 0) is 10.8 Å². The van der Waals surface area contributed by atoms with Gasteiger partial charge in [-0.05, 0) is 24.0 Å². The number of Topliss-reactive ketones (excluding diaryl/α,β-unsaturated/α-hetero) is 2. The lowest BCUT2D eigenvalue weighted by Crippen LogP contribution is -2.50. The van der Waals surface area contributed by atoms with E-state index in [9.17, 15) is 9.59 Å². The standard InChI is InChI=1S/C20H14O2/c21-17-13-7-1-3-9-15(13)19-11-5-6-12-20(17,19)16-10-4-2-8-14(16)18(19)22/h1-10H,11-12H2. The van der Waals surface area contributed by atoms with E-state index in [2.05, 4.69) is 12.2 Å². The topological polar surface area (TPSA) is 34.1 Å². The van der Waals surface area contributed by atoms with E-state index in [4.69, 9.17) is 0 Å². The van der Waals surface area contributed by atoms with E-state index in [0.29, 0.717) is 12.8 Å². The monoisotopic (exact) mass is 286 g/mol. The molecule has 5 rings (SSSR count). The van der Waals surface area contributed by atoms with Crippen LogP contribution in [0.1, 0.15) is 44.7 Å². The minimum Gasteiger partial charge on any atom is -0.293 e. The maximum absolute atomic E-state index is 13.4. The van der Waals surface area contributed by atoms with Crippen molar-refractivity contribution in [2.45, 2.75) is 23.7 Å². The summed E-state index contributed by atoms with van der Waals surface area (Å²) >= 11 is 0. The van der Waals surface area contributed by atoms with Gasteiger partial charge in [0.2, 0.25) is 0 Å². The van der Waals surface area contributed by atoms with Gasteiger partial charge in [-0.3, -0.25) is 9.59 Å². The number of allylic oxidation sites excluding steroid dienone is 2. The molecule has 2 atom stereocenters. The Bertz CT molecular complexity index is 819. The molecule has 0 radical (unpaired) electrons. The summed E-state index contributed by atoms with van der Waals surface area (Å²) in [6.45, 7) is 0. The molecule has 3 aliphatic rings. The molecule has 22 heavy (non-hydrogen) atoms. The minimum absolute atomic E-state index is 0.116. The molecular weight excluding hydrogens is 272 g/mol. The second-order valence-corrected chi connectivity index (χ2v) is 6.44. The van der Waals surface area contributed by atoms with Gasteiger partial charge in [-0.2, -0.15) is 0 Å². The van der Waals surface area contributed by atoms with E-state index >= 15 is 0 Å². The van der Waals surface area contributed by atoms with Gasteiger partial charge in [-0.1, -0.05) is 60.7 Å². The highest BCUT2D eigenvalue weighted by molar-refractivity contribution is 6.25. The average molecular weight is 286 g/mol. The molecule has 0 bridgehead atoms. The van der Waals surface area contributed by atoms with Gasteiger partial charge in [0, 0.05) is 11.1 Å². The molecule has 0 fully saturated rings. The molecule has 3 aliphatic carbocycles. The van der Waals surface area contributed by atoms with Crippen LogP contribution in [0.3, 0.4) is 0 Å². The molecule has 2 aromatic rings. The fraction of sp³-hybridized carbons (Fsp3) is 0.200. The van der Waals surface area contributed by atoms with Crippen LogP contribution in [0.15, 0.2) is 60.7 Å². The molecule has 0 heterocycles. The smallest absolute Gasteiger partial charge is 0.175 e. The number of hydrogen-bond donors (Lipinski definition) is 0. The molecule has 0 N–H and O–H groups in total. The van der Waals surface area contributed by atoms with E-state index < -0.39 is 10.8 Å². The number of carbonyl (C=O) groups is 2. The predicted molar refractivity (Wildman–Crippen MR) is 83.3 cm³/mol. The van der Waals surface area contributed by atoms with Gasteiger partial charge in [-0.25, -0.2) is 0 Å². The maximum Gasteiger partial charge on any atom is 0.175 e. The van der Waals surface area contributed by atoms with E-state index in [1.54, 1.807) is 0 Å². The maximum atomic E-state index is 13.4. The molecule has 106 valence electrons. The second kappa shape index (κ2) is 3.64. The fourth-order valence-electron chi connectivity index (χ4n) is 4.93. The summed E-state index contributed by atoms with van der Waals surface area (Å²) < 4.78 is 0. The molecule has 0 aliphatic heterocycles. The molecule has 0 saturated heterocycles. The van der Waals surface area contributed by atoms with E-state index in [1.165, 1.54) is 0 Å². The second-order valence-electron chi connectivity index (χ2n) is 6.44. The van der Waals surface area contributed by atoms with Gasteiger partial charge < -0.3 is 0 Å². The van der Waals surface area contributed by atoms with Crippen LogP contribution >= 0.6 is 0 Å². The van der Waals surface area contributed by atoms with Crippen LogP contribution in [0, 0.1) is 0 Å². The highest BCUT2D eigenvalue weighted by Gasteiger charge is 2.71. The molecule has 0 amide bonds. The summed E-state index contributed by atoms with van der Waals surface area (Å²) in [7, 11) is 0. The minimum atomic E-state index is -0.723. The summed E-state index contributed by atoms with van der Waals surface area (Å²) in [5, 5.41) is 0. The van der Waals surface area contributed by atoms with Gasteiger partial charge in [0.25, 0.3) is 0 Å². The van der Waals surface area contributed by atoms with Crippen LogP contribution in [0.2, 0.25) is 0 Å². The summed E-state index contributed by atoms with van der Waals surface area (Å²) in [6.07, 6.45) is 5.36. The van der Waals surface area contributed by atoms with Crippen molar-refractivity contribution in [2.24, 2.45) is 0 Å². The van der Waals surface area contributed by atoms with Crippen LogP contribution in [-0.4, -0.2) is 11.6 Å². The summed E-state index contributed by atoms with van der Waals surface area (Å²) in [4.78, 5) is 26.7. The van der Waals surface area contributed by atoms with Crippen molar-refractivity contribution in [3.63, 3.8) is 0 Å². The van der Waals surface area contributed by atoms with E-state index in [1.807, 2.05) is 48.5 Å². The fourth-order valence-corrected chi connectivity index (χ4v) is 4.93. The first kappa shape index (κ1) is 12.1. The Morgan fingerprint density at radius 1 is 0.636 bits per heavy atom. The zero-order valence-corrected chi connectivity index (χ0v) is 12.0. The zero-order chi connectivity index (χ0) is 14.9. The van der Waals surface area contributed by atoms with Crippen LogP contribution in [0.4, 0.5) is 0 Å². The third-order valence-corrected chi connectivity index (χ3v) is 5.78. The van der Waals surface area contributed by atoms with Crippen molar-refractivity contribution in [1.82, 2.24) is 0 Å². The lowest BCUT2D eigenvalue weighted by molar-refractivity contribution is 0.0732. The lowest BCUT2D eigenvalue weighted by Gasteiger charge is -2.40. The number of hydrogen-bond acceptors (Lipinski definition) is 2. The van der Waals surface area contributed by atoms with Crippen LogP contribution < -0.4 is 0 Å². The third kappa shape index (κ3) is 0.989. The van der Waals surface area contributed by atoms with E-state index in [0.717, 1.165) is 22.3 Å². The Morgan fingerprint density at radius 3 is 1.50 bits per heavy atom. The highest BCUT2D eigenvalue weighted by atomic mass is 16.1. The quantitative estimate of drug-likeness (QED) is 0.693. The van der Waals surface area contributed by atoms with Gasteiger partial charge in [0.15, 0.2) is 11.6 Å². The first-order chi connectivity index (χ1) is 10.7. The Balaban J connectivity index is 1.98. The first-order valence-electron chi connectivity index (χ1n) is 7.67. The SMILES string of the molecule is O=C1c2ccccc2C23CC=CCC12c1ccccc1C3=O. The molecule has 2 nitrogen and oxygen atoms in total. The molecule has 2 heteroatoms. The summed E-state index contributed by atoms with van der Waals surface area (Å²) in [5.41, 5.74) is 1.86. The van der Waals surface area contributed by atoms with Crippen LogP contribution in [0.5, 0.6) is 0 Å². The van der Waals surface area contributed by atoms with Crippen molar-refractivity contribution in [1.29, 1.82) is 0 Å². The van der Waals surface area contributed by atoms with Crippen molar-refractivity contribution in [2.75, 3.05) is 0 Å².